The van der Waals surface area contributed by atoms with E-state index < -0.39 is 0 Å². The van der Waals surface area contributed by atoms with Gasteiger partial charge in [-0.3, -0.25) is 9.78 Å². The maximum Gasteiger partial charge on any atom is 0.161 e. The Morgan fingerprint density at radius 3 is 2.42 bits per heavy atom. The number of hydrogen-bond donors (Lipinski definition) is 1. The van der Waals surface area contributed by atoms with Gasteiger partial charge >= 0.3 is 0 Å². The summed E-state index contributed by atoms with van der Waals surface area (Å²) in [7, 11) is 0. The second-order valence-electron chi connectivity index (χ2n) is 2.02. The highest BCUT2D eigenvalue weighted by Crippen LogP contribution is 2.07. The minimum absolute atomic E-state index is 0.0279. The minimum atomic E-state index is -0.0279. The minimum Gasteiger partial charge on any atom is -0.397 e. The molecule has 0 aliphatic heterocycles. The normalized spacial score (nSPS) is 8.25. The number of nitrogens with zero attached hydrogens (tertiary/aromatic N) is 1. The summed E-state index contributed by atoms with van der Waals surface area (Å²) in [5.41, 5.74) is 6.42. The third kappa shape index (κ3) is 2.70. The van der Waals surface area contributed by atoms with E-state index in [-0.39, 0.29) is 5.78 Å². The fourth-order valence-corrected chi connectivity index (χ4v) is 0.727. The van der Waals surface area contributed by atoms with E-state index in [9.17, 15) is 4.79 Å². The highest BCUT2D eigenvalue weighted by Gasteiger charge is 2.01. The SMILES string of the molecule is CC.CC(=O)c1ccncc1N. The summed E-state index contributed by atoms with van der Waals surface area (Å²) in [6.07, 6.45) is 3.02. The molecule has 0 bridgehead atoms. The number of hydrogen-bond acceptors (Lipinski definition) is 3. The van der Waals surface area contributed by atoms with Crippen LogP contribution < -0.4 is 5.73 Å². The van der Waals surface area contributed by atoms with Crippen molar-refractivity contribution < 1.29 is 4.79 Å². The van der Waals surface area contributed by atoms with Crippen LogP contribution in [0.4, 0.5) is 5.69 Å². The van der Waals surface area contributed by atoms with Gasteiger partial charge in [-0.05, 0) is 13.0 Å². The van der Waals surface area contributed by atoms with Gasteiger partial charge in [0.1, 0.15) is 0 Å². The van der Waals surface area contributed by atoms with Gasteiger partial charge in [0, 0.05) is 11.8 Å². The molecule has 3 heteroatoms. The summed E-state index contributed by atoms with van der Waals surface area (Å²) < 4.78 is 0. The van der Waals surface area contributed by atoms with Crippen LogP contribution in [0.5, 0.6) is 0 Å². The number of ketones is 1. The fourth-order valence-electron chi connectivity index (χ4n) is 0.727. The molecule has 0 aliphatic carbocycles. The number of nitrogens with two attached hydrogens (primary N) is 1. The number of aromatic nitrogens is 1. The van der Waals surface area contributed by atoms with Crippen LogP contribution in [0.3, 0.4) is 0 Å². The van der Waals surface area contributed by atoms with Gasteiger partial charge in [-0.25, -0.2) is 0 Å². The maximum atomic E-state index is 10.8. The van der Waals surface area contributed by atoms with Crippen LogP contribution in [0.1, 0.15) is 31.1 Å². The van der Waals surface area contributed by atoms with E-state index in [4.69, 9.17) is 5.73 Å². The zero-order valence-electron chi connectivity index (χ0n) is 7.66. The molecule has 1 heterocycles. The molecule has 0 spiro atoms. The molecular formula is C9H14N2O. The van der Waals surface area contributed by atoms with E-state index in [1.54, 1.807) is 12.3 Å². The predicted octanol–water partition coefficient (Wildman–Crippen LogP) is 1.89. The van der Waals surface area contributed by atoms with Crippen molar-refractivity contribution in [2.75, 3.05) is 5.73 Å². The van der Waals surface area contributed by atoms with E-state index in [0.29, 0.717) is 11.3 Å². The van der Waals surface area contributed by atoms with Gasteiger partial charge in [-0.1, -0.05) is 13.8 Å². The zero-order valence-corrected chi connectivity index (χ0v) is 7.66. The maximum absolute atomic E-state index is 10.8. The molecule has 0 saturated heterocycles. The van der Waals surface area contributed by atoms with Gasteiger partial charge in [-0.2, -0.15) is 0 Å². The van der Waals surface area contributed by atoms with Crippen molar-refractivity contribution in [3.63, 3.8) is 0 Å². The first-order valence-electron chi connectivity index (χ1n) is 3.92. The molecule has 0 atom stereocenters. The van der Waals surface area contributed by atoms with Crippen LogP contribution >= 0.6 is 0 Å². The Morgan fingerprint density at radius 2 is 2.08 bits per heavy atom. The number of rotatable bonds is 1. The third-order valence-electron chi connectivity index (χ3n) is 1.23. The van der Waals surface area contributed by atoms with E-state index in [1.807, 2.05) is 13.8 Å². The van der Waals surface area contributed by atoms with Gasteiger partial charge in [-0.15, -0.1) is 0 Å². The summed E-state index contributed by atoms with van der Waals surface area (Å²) in [5, 5.41) is 0. The quantitative estimate of drug-likeness (QED) is 0.648. The van der Waals surface area contributed by atoms with Crippen LogP contribution in [0.15, 0.2) is 18.5 Å². The Bertz CT molecular complexity index is 258. The number of nitrogen functional groups attached to an aromatic ring is 1. The number of Topliss-reactive ketones (excluding diaryl/α,β-unsaturated/α-hetero) is 1. The van der Waals surface area contributed by atoms with Crippen molar-refractivity contribution >= 4 is 11.5 Å². The molecule has 0 unspecified atom stereocenters. The number of pyridine rings is 1. The van der Waals surface area contributed by atoms with Crippen molar-refractivity contribution in [1.29, 1.82) is 0 Å². The van der Waals surface area contributed by atoms with E-state index in [2.05, 4.69) is 4.98 Å². The summed E-state index contributed by atoms with van der Waals surface area (Å²) in [5.74, 6) is -0.0279. The van der Waals surface area contributed by atoms with E-state index in [0.717, 1.165) is 0 Å². The summed E-state index contributed by atoms with van der Waals surface area (Å²) in [4.78, 5) is 14.5. The Balaban J connectivity index is 0.000000561. The Labute approximate surface area is 72.6 Å². The second-order valence-corrected chi connectivity index (χ2v) is 2.02. The summed E-state index contributed by atoms with van der Waals surface area (Å²) in [6.45, 7) is 5.48. The van der Waals surface area contributed by atoms with Crippen LogP contribution in [0, 0.1) is 0 Å². The summed E-state index contributed by atoms with van der Waals surface area (Å²) >= 11 is 0. The van der Waals surface area contributed by atoms with Crippen molar-refractivity contribution in [2.45, 2.75) is 20.8 Å². The second kappa shape index (κ2) is 5.29. The van der Waals surface area contributed by atoms with E-state index >= 15 is 0 Å². The van der Waals surface area contributed by atoms with Gasteiger partial charge in [0.15, 0.2) is 5.78 Å². The topological polar surface area (TPSA) is 56.0 Å². The standard InChI is InChI=1S/C7H8N2O.C2H6/c1-5(10)6-2-3-9-4-7(6)8;1-2/h2-4H,8H2,1H3;1-2H3. The molecule has 66 valence electrons. The predicted molar refractivity (Wildman–Crippen MR) is 50.0 cm³/mol. The van der Waals surface area contributed by atoms with Gasteiger partial charge in [0.2, 0.25) is 0 Å². The Kier molecular flexibility index (Phi) is 4.69. The number of carbonyl (C=O) groups is 1. The molecule has 1 aromatic heterocycles. The van der Waals surface area contributed by atoms with Crippen LogP contribution in [-0.4, -0.2) is 10.8 Å². The lowest BCUT2D eigenvalue weighted by Gasteiger charge is -1.97. The molecule has 2 N–H and O–H groups in total. The average Bonchev–Trinajstić information content (AvgIpc) is 2.08. The largest absolute Gasteiger partial charge is 0.397 e. The lowest BCUT2D eigenvalue weighted by molar-refractivity contribution is 0.101. The molecule has 1 rings (SSSR count). The molecule has 0 fully saturated rings. The first-order valence-corrected chi connectivity index (χ1v) is 3.92. The molecule has 0 aromatic carbocycles. The smallest absolute Gasteiger partial charge is 0.161 e. The Hall–Kier alpha value is -1.38. The van der Waals surface area contributed by atoms with Gasteiger partial charge in [0.25, 0.3) is 0 Å². The molecule has 3 nitrogen and oxygen atoms in total. The molecule has 0 aliphatic rings. The van der Waals surface area contributed by atoms with E-state index in [1.165, 1.54) is 13.1 Å². The van der Waals surface area contributed by atoms with Crippen molar-refractivity contribution in [1.82, 2.24) is 4.98 Å². The third-order valence-corrected chi connectivity index (χ3v) is 1.23. The monoisotopic (exact) mass is 166 g/mol. The van der Waals surface area contributed by atoms with Crippen LogP contribution in [0.25, 0.3) is 0 Å². The average molecular weight is 166 g/mol. The molecule has 0 amide bonds. The molecule has 1 aromatic rings. The van der Waals surface area contributed by atoms with Crippen LogP contribution in [-0.2, 0) is 0 Å². The number of anilines is 1. The highest BCUT2D eigenvalue weighted by molar-refractivity contribution is 5.98. The Morgan fingerprint density at radius 1 is 1.50 bits per heavy atom. The first kappa shape index (κ1) is 10.6. The van der Waals surface area contributed by atoms with Gasteiger partial charge < -0.3 is 5.73 Å². The molecule has 0 radical (unpaired) electrons. The van der Waals surface area contributed by atoms with Gasteiger partial charge in [0.05, 0.1) is 11.9 Å². The zero-order chi connectivity index (χ0) is 9.56. The van der Waals surface area contributed by atoms with Crippen molar-refractivity contribution in [3.8, 4) is 0 Å². The fraction of sp³-hybridized carbons (Fsp3) is 0.333. The van der Waals surface area contributed by atoms with Crippen molar-refractivity contribution in [3.05, 3.63) is 24.0 Å². The molecular weight excluding hydrogens is 152 g/mol. The molecule has 0 saturated carbocycles. The van der Waals surface area contributed by atoms with Crippen LogP contribution in [0.2, 0.25) is 0 Å². The highest BCUT2D eigenvalue weighted by atomic mass is 16.1. The van der Waals surface area contributed by atoms with Crippen molar-refractivity contribution in [2.24, 2.45) is 0 Å². The lowest BCUT2D eigenvalue weighted by atomic mass is 10.2. The lowest BCUT2D eigenvalue weighted by Crippen LogP contribution is -1.99. The first-order chi connectivity index (χ1) is 5.72. The summed E-state index contributed by atoms with van der Waals surface area (Å²) in [6, 6.07) is 1.61. The molecule has 12 heavy (non-hydrogen) atoms. The number of carbonyl (C=O) groups excluding carboxylic acids is 1.